The van der Waals surface area contributed by atoms with Gasteiger partial charge in [0.25, 0.3) is 0 Å². The Morgan fingerprint density at radius 1 is 1.45 bits per heavy atom. The van der Waals surface area contributed by atoms with E-state index in [0.29, 0.717) is 26.1 Å². The molecule has 1 spiro atoms. The van der Waals surface area contributed by atoms with Gasteiger partial charge in [0.05, 0.1) is 6.42 Å². The zero-order valence-corrected chi connectivity index (χ0v) is 12.5. The number of likely N-dealkylation sites (tertiary alicyclic amines) is 1. The number of rotatable bonds is 1. The van der Waals surface area contributed by atoms with Crippen LogP contribution in [0.15, 0.2) is 0 Å². The van der Waals surface area contributed by atoms with Crippen LogP contribution in [0.25, 0.3) is 0 Å². The molecule has 0 bridgehead atoms. The maximum absolute atomic E-state index is 12.0. The maximum atomic E-state index is 12.0. The topological polar surface area (TPSA) is 81.9 Å². The highest BCUT2D eigenvalue weighted by Gasteiger charge is 2.50. The summed E-state index contributed by atoms with van der Waals surface area (Å²) >= 11 is 0. The Balaban J connectivity index is 1.95. The van der Waals surface area contributed by atoms with Gasteiger partial charge in [-0.2, -0.15) is 0 Å². The summed E-state index contributed by atoms with van der Waals surface area (Å²) in [5, 5.41) is 0. The highest BCUT2D eigenvalue weighted by atomic mass is 16.6. The second-order valence-corrected chi connectivity index (χ2v) is 6.72. The summed E-state index contributed by atoms with van der Waals surface area (Å²) in [4.78, 5) is 25.2. The summed E-state index contributed by atoms with van der Waals surface area (Å²) in [7, 11) is 0. The number of esters is 1. The van der Waals surface area contributed by atoms with Crippen LogP contribution < -0.4 is 5.73 Å². The number of hydrogen-bond acceptors (Lipinski definition) is 5. The predicted octanol–water partition coefficient (Wildman–Crippen LogP) is 1.28. The van der Waals surface area contributed by atoms with E-state index in [1.807, 2.05) is 20.8 Å². The average Bonchev–Trinajstić information content (AvgIpc) is 2.64. The van der Waals surface area contributed by atoms with Gasteiger partial charge in [0, 0.05) is 25.0 Å². The molecule has 2 rings (SSSR count). The zero-order chi connectivity index (χ0) is 15.0. The molecule has 2 aliphatic heterocycles. The van der Waals surface area contributed by atoms with Crippen molar-refractivity contribution in [3.05, 3.63) is 0 Å². The van der Waals surface area contributed by atoms with Crippen molar-refractivity contribution in [3.63, 3.8) is 0 Å². The third kappa shape index (κ3) is 3.06. The van der Waals surface area contributed by atoms with Crippen LogP contribution in [0.3, 0.4) is 0 Å². The highest BCUT2D eigenvalue weighted by molar-refractivity contribution is 5.73. The zero-order valence-electron chi connectivity index (χ0n) is 12.5. The summed E-state index contributed by atoms with van der Waals surface area (Å²) in [6.45, 7) is 7.07. The van der Waals surface area contributed by atoms with Crippen molar-refractivity contribution in [2.24, 2.45) is 11.1 Å². The fourth-order valence-electron chi connectivity index (χ4n) is 2.98. The largest absolute Gasteiger partial charge is 0.460 e. The van der Waals surface area contributed by atoms with Gasteiger partial charge in [0.15, 0.2) is 0 Å². The Bertz CT molecular complexity index is 394. The second kappa shape index (κ2) is 5.24. The molecular formula is C14H24N2O4. The van der Waals surface area contributed by atoms with Crippen molar-refractivity contribution in [2.45, 2.75) is 51.7 Å². The Labute approximate surface area is 119 Å². The van der Waals surface area contributed by atoms with Crippen molar-refractivity contribution in [1.82, 2.24) is 4.90 Å². The van der Waals surface area contributed by atoms with E-state index in [4.69, 9.17) is 15.2 Å². The lowest BCUT2D eigenvalue weighted by Crippen LogP contribution is -2.49. The minimum atomic E-state index is -0.488. The second-order valence-electron chi connectivity index (χ2n) is 6.72. The third-order valence-corrected chi connectivity index (χ3v) is 4.08. The van der Waals surface area contributed by atoms with Crippen LogP contribution in [-0.4, -0.2) is 48.3 Å². The molecule has 0 saturated carbocycles. The number of hydrogen-bond donors (Lipinski definition) is 1. The number of piperidine rings is 1. The molecular weight excluding hydrogens is 260 g/mol. The van der Waals surface area contributed by atoms with Gasteiger partial charge in [0.2, 0.25) is 0 Å². The summed E-state index contributed by atoms with van der Waals surface area (Å²) in [5.74, 6) is -0.175. The summed E-state index contributed by atoms with van der Waals surface area (Å²) in [5.41, 5.74) is 5.02. The Kier molecular flexibility index (Phi) is 3.95. The lowest BCUT2D eigenvalue weighted by Gasteiger charge is -2.40. The summed E-state index contributed by atoms with van der Waals surface area (Å²) in [6.07, 6.45) is 1.38. The van der Waals surface area contributed by atoms with Gasteiger partial charge in [-0.15, -0.1) is 0 Å². The number of nitrogens with two attached hydrogens (primary N) is 1. The molecule has 1 atom stereocenters. The van der Waals surface area contributed by atoms with Crippen molar-refractivity contribution in [3.8, 4) is 0 Å². The number of nitrogens with zero attached hydrogens (tertiary/aromatic N) is 1. The Morgan fingerprint density at radius 3 is 2.55 bits per heavy atom. The minimum absolute atomic E-state index is 0.175. The van der Waals surface area contributed by atoms with Crippen LogP contribution in [0.1, 0.15) is 40.0 Å². The normalized spacial score (nSPS) is 25.7. The Morgan fingerprint density at radius 2 is 2.05 bits per heavy atom. The minimum Gasteiger partial charge on any atom is -0.460 e. The standard InChI is InChI=1S/C14H24N2O4/c1-13(2,3)20-12(18)16-6-4-14(5-7-16)8-11(17)19-10(14)9-15/h10H,4-9,15H2,1-3H3. The van der Waals surface area contributed by atoms with Gasteiger partial charge in [0.1, 0.15) is 11.7 Å². The van der Waals surface area contributed by atoms with Gasteiger partial charge < -0.3 is 20.1 Å². The maximum Gasteiger partial charge on any atom is 0.410 e. The number of carbonyl (C=O) groups excluding carboxylic acids is 2. The fraction of sp³-hybridized carbons (Fsp3) is 0.857. The molecule has 0 aliphatic carbocycles. The molecule has 20 heavy (non-hydrogen) atoms. The fourth-order valence-corrected chi connectivity index (χ4v) is 2.98. The van der Waals surface area contributed by atoms with E-state index < -0.39 is 5.60 Å². The van der Waals surface area contributed by atoms with E-state index in [0.717, 1.165) is 12.8 Å². The third-order valence-electron chi connectivity index (χ3n) is 4.08. The van der Waals surface area contributed by atoms with Crippen LogP contribution in [-0.2, 0) is 14.3 Å². The molecule has 6 heteroatoms. The van der Waals surface area contributed by atoms with Crippen LogP contribution in [0, 0.1) is 5.41 Å². The molecule has 6 nitrogen and oxygen atoms in total. The molecule has 2 fully saturated rings. The number of ether oxygens (including phenoxy) is 2. The monoisotopic (exact) mass is 284 g/mol. The van der Waals surface area contributed by atoms with Gasteiger partial charge in [-0.25, -0.2) is 4.79 Å². The number of cyclic esters (lactones) is 1. The molecule has 2 N–H and O–H groups in total. The molecule has 2 saturated heterocycles. The molecule has 0 aromatic rings. The average molecular weight is 284 g/mol. The molecule has 114 valence electrons. The quantitative estimate of drug-likeness (QED) is 0.733. The molecule has 0 aromatic carbocycles. The van der Waals surface area contributed by atoms with Crippen LogP contribution >= 0.6 is 0 Å². The van der Waals surface area contributed by atoms with Gasteiger partial charge in [-0.1, -0.05) is 0 Å². The lowest BCUT2D eigenvalue weighted by atomic mass is 9.73. The van der Waals surface area contributed by atoms with Crippen LogP contribution in [0.5, 0.6) is 0 Å². The molecule has 1 unspecified atom stereocenters. The van der Waals surface area contributed by atoms with E-state index >= 15 is 0 Å². The van der Waals surface area contributed by atoms with Gasteiger partial charge in [-0.3, -0.25) is 4.79 Å². The molecule has 0 aromatic heterocycles. The first-order chi connectivity index (χ1) is 9.26. The molecule has 0 radical (unpaired) electrons. The SMILES string of the molecule is CC(C)(C)OC(=O)N1CCC2(CC1)CC(=O)OC2CN. The predicted molar refractivity (Wildman–Crippen MR) is 73.0 cm³/mol. The first-order valence-electron chi connectivity index (χ1n) is 7.13. The summed E-state index contributed by atoms with van der Waals surface area (Å²) < 4.78 is 10.6. The number of carbonyl (C=O) groups is 2. The van der Waals surface area contributed by atoms with Crippen LogP contribution in [0.2, 0.25) is 0 Å². The summed E-state index contributed by atoms with van der Waals surface area (Å²) in [6, 6.07) is 0. The van der Waals surface area contributed by atoms with Crippen molar-refractivity contribution in [2.75, 3.05) is 19.6 Å². The van der Waals surface area contributed by atoms with Crippen molar-refractivity contribution < 1.29 is 19.1 Å². The van der Waals surface area contributed by atoms with Crippen LogP contribution in [0.4, 0.5) is 4.79 Å². The smallest absolute Gasteiger partial charge is 0.410 e. The van der Waals surface area contributed by atoms with E-state index in [2.05, 4.69) is 0 Å². The van der Waals surface area contributed by atoms with Crippen molar-refractivity contribution >= 4 is 12.1 Å². The lowest BCUT2D eigenvalue weighted by molar-refractivity contribution is -0.141. The Hall–Kier alpha value is -1.30. The molecule has 1 amide bonds. The first-order valence-corrected chi connectivity index (χ1v) is 7.13. The highest BCUT2D eigenvalue weighted by Crippen LogP contribution is 2.44. The van der Waals surface area contributed by atoms with E-state index in [1.54, 1.807) is 4.90 Å². The first kappa shape index (κ1) is 15.1. The molecule has 2 heterocycles. The van der Waals surface area contributed by atoms with E-state index in [1.165, 1.54) is 0 Å². The number of amides is 1. The van der Waals surface area contributed by atoms with Gasteiger partial charge >= 0.3 is 12.1 Å². The van der Waals surface area contributed by atoms with E-state index in [9.17, 15) is 9.59 Å². The van der Waals surface area contributed by atoms with E-state index in [-0.39, 0.29) is 23.6 Å². The van der Waals surface area contributed by atoms with Crippen molar-refractivity contribution in [1.29, 1.82) is 0 Å². The molecule has 2 aliphatic rings. The van der Waals surface area contributed by atoms with Gasteiger partial charge in [-0.05, 0) is 33.6 Å².